The van der Waals surface area contributed by atoms with Crippen molar-refractivity contribution in [1.82, 2.24) is 10.2 Å². The molecule has 2 unspecified atom stereocenters. The first-order valence-corrected chi connectivity index (χ1v) is 6.76. The van der Waals surface area contributed by atoms with Crippen LogP contribution in [-0.4, -0.2) is 42.8 Å². The minimum atomic E-state index is -4.13. The molecular weight excluding hydrogens is 255 g/mol. The highest BCUT2D eigenvalue weighted by molar-refractivity contribution is 5.06. The Kier molecular flexibility index (Phi) is 5.63. The summed E-state index contributed by atoms with van der Waals surface area (Å²) in [7, 11) is 0. The molecule has 0 saturated carbocycles. The number of piperidine rings is 1. The molecule has 0 radical (unpaired) electrons. The van der Waals surface area contributed by atoms with Crippen molar-refractivity contribution in [2.75, 3.05) is 26.2 Å². The number of nitriles is 1. The Hall–Kier alpha value is -0.800. The van der Waals surface area contributed by atoms with Crippen molar-refractivity contribution in [1.29, 1.82) is 5.26 Å². The van der Waals surface area contributed by atoms with Crippen molar-refractivity contribution in [2.24, 2.45) is 5.92 Å². The zero-order chi connectivity index (χ0) is 14.5. The topological polar surface area (TPSA) is 39.1 Å². The third-order valence-corrected chi connectivity index (χ3v) is 3.52. The van der Waals surface area contributed by atoms with Crippen LogP contribution in [0.5, 0.6) is 0 Å². The molecular formula is C13H22F3N3. The van der Waals surface area contributed by atoms with E-state index in [1.165, 1.54) is 0 Å². The fraction of sp³-hybridized carbons (Fsp3) is 0.923. The predicted octanol–water partition coefficient (Wildman–Crippen LogP) is 2.54. The van der Waals surface area contributed by atoms with E-state index in [9.17, 15) is 18.4 Å². The van der Waals surface area contributed by atoms with E-state index in [2.05, 4.69) is 11.4 Å². The Labute approximate surface area is 112 Å². The predicted molar refractivity (Wildman–Crippen MR) is 67.5 cm³/mol. The maximum atomic E-state index is 12.7. The molecule has 0 spiro atoms. The number of hydrogen-bond acceptors (Lipinski definition) is 3. The molecule has 1 N–H and O–H groups in total. The first-order valence-electron chi connectivity index (χ1n) is 6.76. The van der Waals surface area contributed by atoms with Crippen molar-refractivity contribution in [3.05, 3.63) is 0 Å². The fourth-order valence-corrected chi connectivity index (χ4v) is 2.45. The lowest BCUT2D eigenvalue weighted by atomic mass is 9.95. The molecule has 0 aromatic carbocycles. The van der Waals surface area contributed by atoms with Gasteiger partial charge in [-0.3, -0.25) is 10.2 Å². The van der Waals surface area contributed by atoms with Crippen LogP contribution in [0.25, 0.3) is 0 Å². The van der Waals surface area contributed by atoms with E-state index in [0.717, 1.165) is 6.42 Å². The summed E-state index contributed by atoms with van der Waals surface area (Å²) in [6, 6.07) is 2.18. The van der Waals surface area contributed by atoms with Crippen LogP contribution in [0, 0.1) is 17.2 Å². The molecule has 0 bridgehead atoms. The number of rotatable bonds is 5. The first kappa shape index (κ1) is 16.3. The molecule has 0 aromatic rings. The van der Waals surface area contributed by atoms with Gasteiger partial charge in [-0.25, -0.2) is 0 Å². The molecule has 0 aliphatic carbocycles. The van der Waals surface area contributed by atoms with Gasteiger partial charge in [0.05, 0.1) is 12.0 Å². The fourth-order valence-electron chi connectivity index (χ4n) is 2.45. The Bertz CT molecular complexity index is 324. The summed E-state index contributed by atoms with van der Waals surface area (Å²) in [5, 5.41) is 12.3. The highest BCUT2D eigenvalue weighted by Crippen LogP contribution is 2.33. The van der Waals surface area contributed by atoms with Crippen molar-refractivity contribution in [2.45, 2.75) is 44.8 Å². The number of alkyl halides is 3. The monoisotopic (exact) mass is 277 g/mol. The summed E-state index contributed by atoms with van der Waals surface area (Å²) in [4.78, 5) is 1.76. The van der Waals surface area contributed by atoms with E-state index in [1.807, 2.05) is 6.92 Å². The van der Waals surface area contributed by atoms with E-state index >= 15 is 0 Å². The Morgan fingerprint density at radius 1 is 1.42 bits per heavy atom. The van der Waals surface area contributed by atoms with Crippen molar-refractivity contribution in [3.8, 4) is 6.07 Å². The summed E-state index contributed by atoms with van der Waals surface area (Å²) >= 11 is 0. The summed E-state index contributed by atoms with van der Waals surface area (Å²) in [5.41, 5.74) is -0.774. The van der Waals surface area contributed by atoms with Crippen LogP contribution in [0.3, 0.4) is 0 Å². The summed E-state index contributed by atoms with van der Waals surface area (Å²) in [5.74, 6) is -1.25. The van der Waals surface area contributed by atoms with Crippen LogP contribution < -0.4 is 5.32 Å². The first-order chi connectivity index (χ1) is 8.80. The van der Waals surface area contributed by atoms with Crippen molar-refractivity contribution >= 4 is 0 Å². The quantitative estimate of drug-likeness (QED) is 0.839. The molecule has 1 rings (SSSR count). The molecule has 0 amide bonds. The summed E-state index contributed by atoms with van der Waals surface area (Å²) in [6.45, 7) is 5.42. The van der Waals surface area contributed by atoms with Crippen molar-refractivity contribution in [3.63, 3.8) is 0 Å². The number of halogens is 3. The maximum absolute atomic E-state index is 12.7. The second-order valence-electron chi connectivity index (χ2n) is 5.49. The second-order valence-corrected chi connectivity index (χ2v) is 5.49. The largest absolute Gasteiger partial charge is 0.393 e. The Morgan fingerprint density at radius 3 is 2.63 bits per heavy atom. The van der Waals surface area contributed by atoms with E-state index in [0.29, 0.717) is 26.1 Å². The zero-order valence-electron chi connectivity index (χ0n) is 11.6. The minimum Gasteiger partial charge on any atom is -0.300 e. The number of nitrogens with one attached hydrogen (secondary N) is 1. The number of nitrogens with zero attached hydrogens (tertiary/aromatic N) is 2. The van der Waals surface area contributed by atoms with Gasteiger partial charge in [-0.15, -0.1) is 0 Å². The average Bonchev–Trinajstić information content (AvgIpc) is 2.36. The van der Waals surface area contributed by atoms with Crippen LogP contribution in [0.1, 0.15) is 33.1 Å². The van der Waals surface area contributed by atoms with Crippen LogP contribution in [0.15, 0.2) is 0 Å². The van der Waals surface area contributed by atoms with Gasteiger partial charge in [0.25, 0.3) is 0 Å². The molecule has 1 fully saturated rings. The molecule has 2 atom stereocenters. The van der Waals surface area contributed by atoms with E-state index in [-0.39, 0.29) is 13.0 Å². The third kappa shape index (κ3) is 5.00. The summed E-state index contributed by atoms with van der Waals surface area (Å²) in [6.07, 6.45) is -2.49. The molecule has 110 valence electrons. The standard InChI is InChI=1S/C13H22F3N3/c1-3-6-18-12(2,9-17)10-19-7-4-5-11(8-19)13(14,15)16/h11,18H,3-8,10H2,1-2H3. The van der Waals surface area contributed by atoms with E-state index < -0.39 is 17.6 Å². The highest BCUT2D eigenvalue weighted by atomic mass is 19.4. The van der Waals surface area contributed by atoms with E-state index in [4.69, 9.17) is 0 Å². The molecule has 1 aliphatic rings. The van der Waals surface area contributed by atoms with Gasteiger partial charge in [0.2, 0.25) is 0 Å². The van der Waals surface area contributed by atoms with Gasteiger partial charge >= 0.3 is 6.18 Å². The third-order valence-electron chi connectivity index (χ3n) is 3.52. The summed E-state index contributed by atoms with van der Waals surface area (Å²) < 4.78 is 38.2. The minimum absolute atomic E-state index is 0.00851. The van der Waals surface area contributed by atoms with Crippen LogP contribution in [-0.2, 0) is 0 Å². The van der Waals surface area contributed by atoms with Gasteiger partial charge in [-0.1, -0.05) is 6.92 Å². The van der Waals surface area contributed by atoms with Gasteiger partial charge in [0.1, 0.15) is 5.54 Å². The van der Waals surface area contributed by atoms with Gasteiger partial charge in [-0.2, -0.15) is 18.4 Å². The average molecular weight is 277 g/mol. The molecule has 3 nitrogen and oxygen atoms in total. The second kappa shape index (κ2) is 6.58. The maximum Gasteiger partial charge on any atom is 0.393 e. The lowest BCUT2D eigenvalue weighted by Crippen LogP contribution is -2.53. The van der Waals surface area contributed by atoms with E-state index in [1.54, 1.807) is 11.8 Å². The van der Waals surface area contributed by atoms with Crippen LogP contribution in [0.4, 0.5) is 13.2 Å². The molecule has 6 heteroatoms. The Morgan fingerprint density at radius 2 is 2.11 bits per heavy atom. The lowest BCUT2D eigenvalue weighted by Gasteiger charge is -2.37. The van der Waals surface area contributed by atoms with Gasteiger partial charge in [0, 0.05) is 13.1 Å². The Balaban J connectivity index is 2.58. The lowest BCUT2D eigenvalue weighted by molar-refractivity contribution is -0.187. The number of likely N-dealkylation sites (tertiary alicyclic amines) is 1. The van der Waals surface area contributed by atoms with Gasteiger partial charge in [-0.05, 0) is 39.3 Å². The normalized spacial score (nSPS) is 24.7. The van der Waals surface area contributed by atoms with Crippen molar-refractivity contribution < 1.29 is 13.2 Å². The van der Waals surface area contributed by atoms with Gasteiger partial charge in [0.15, 0.2) is 0 Å². The zero-order valence-corrected chi connectivity index (χ0v) is 11.6. The number of hydrogen-bond donors (Lipinski definition) is 1. The molecule has 19 heavy (non-hydrogen) atoms. The van der Waals surface area contributed by atoms with Crippen LogP contribution in [0.2, 0.25) is 0 Å². The highest BCUT2D eigenvalue weighted by Gasteiger charge is 2.42. The smallest absolute Gasteiger partial charge is 0.300 e. The molecule has 1 saturated heterocycles. The molecule has 1 aliphatic heterocycles. The molecule has 1 heterocycles. The molecule has 0 aromatic heterocycles. The van der Waals surface area contributed by atoms with Gasteiger partial charge < -0.3 is 0 Å². The SMILES string of the molecule is CCCNC(C)(C#N)CN1CCCC(C(F)(F)F)C1. The van der Waals surface area contributed by atoms with Crippen LogP contribution >= 0.6 is 0 Å².